The van der Waals surface area contributed by atoms with E-state index in [1.54, 1.807) is 18.9 Å². The van der Waals surface area contributed by atoms with E-state index in [0.717, 1.165) is 34.2 Å². The molecule has 2 aromatic carbocycles. The number of methoxy groups -OCH3 is 1. The van der Waals surface area contributed by atoms with Gasteiger partial charge >= 0.3 is 6.01 Å². The average molecular weight is 375 g/mol. The van der Waals surface area contributed by atoms with E-state index >= 15 is 0 Å². The van der Waals surface area contributed by atoms with Crippen molar-refractivity contribution >= 4 is 28.5 Å². The molecule has 0 fully saturated rings. The molecule has 0 bridgehead atoms. The Hall–Kier alpha value is -3.06. The Balaban J connectivity index is 1.53. The Morgan fingerprint density at radius 2 is 1.85 bits per heavy atom. The van der Waals surface area contributed by atoms with Gasteiger partial charge in [-0.05, 0) is 17.7 Å². The van der Waals surface area contributed by atoms with E-state index in [9.17, 15) is 0 Å². The highest BCUT2D eigenvalue weighted by molar-refractivity contribution is 7.99. The lowest BCUT2D eigenvalue weighted by Gasteiger charge is -2.17. The maximum absolute atomic E-state index is 5.46. The van der Waals surface area contributed by atoms with E-state index in [1.165, 1.54) is 5.56 Å². The van der Waals surface area contributed by atoms with Gasteiger partial charge in [-0.1, -0.05) is 54.2 Å². The second kappa shape index (κ2) is 6.59. The van der Waals surface area contributed by atoms with Crippen LogP contribution in [0.5, 0.6) is 6.01 Å². The molecule has 1 aliphatic rings. The summed E-state index contributed by atoms with van der Waals surface area (Å²) in [6, 6.07) is 18.8. The van der Waals surface area contributed by atoms with Gasteiger partial charge < -0.3 is 9.64 Å². The van der Waals surface area contributed by atoms with Crippen LogP contribution in [0.4, 0.5) is 5.69 Å². The third-order valence-electron chi connectivity index (χ3n) is 4.55. The van der Waals surface area contributed by atoms with Gasteiger partial charge in [-0.15, -0.1) is 0 Å². The minimum absolute atomic E-state index is 0.486. The number of fused-ring (bicyclic) bond motifs is 2. The number of nitrogens with zero attached hydrogens (tertiary/aromatic N) is 5. The van der Waals surface area contributed by atoms with Crippen LogP contribution in [0.1, 0.15) is 5.56 Å². The molecule has 134 valence electrons. The first kappa shape index (κ1) is 16.1. The number of benzene rings is 2. The molecule has 1 aliphatic heterocycles. The molecule has 5 rings (SSSR count). The maximum atomic E-state index is 5.46. The molecule has 0 atom stereocenters. The zero-order valence-electron chi connectivity index (χ0n) is 14.7. The fourth-order valence-corrected chi connectivity index (χ4v) is 4.24. The summed E-state index contributed by atoms with van der Waals surface area (Å²) in [5.74, 6) is 1.44. The zero-order valence-corrected chi connectivity index (χ0v) is 15.6. The van der Waals surface area contributed by atoms with Crippen molar-refractivity contribution in [3.8, 4) is 12.0 Å². The number of para-hydroxylation sites is 2. The number of thioether (sulfide) groups is 1. The minimum atomic E-state index is 0.486. The molecule has 0 N–H and O–H groups in total. The highest BCUT2D eigenvalue weighted by Gasteiger charge is 2.24. The quantitative estimate of drug-likeness (QED) is 0.504. The summed E-state index contributed by atoms with van der Waals surface area (Å²) in [4.78, 5) is 16.2. The number of aromatic nitrogens is 4. The van der Waals surface area contributed by atoms with E-state index in [2.05, 4.69) is 39.1 Å². The molecular formula is C20H17N5OS. The number of imidazole rings is 1. The van der Waals surface area contributed by atoms with Crippen LogP contribution < -0.4 is 9.64 Å². The normalized spacial score (nSPS) is 13.1. The van der Waals surface area contributed by atoms with E-state index in [1.807, 2.05) is 41.1 Å². The third-order valence-corrected chi connectivity index (χ3v) is 5.56. The van der Waals surface area contributed by atoms with Crippen molar-refractivity contribution in [2.75, 3.05) is 17.9 Å². The van der Waals surface area contributed by atoms with Gasteiger partial charge in [-0.2, -0.15) is 4.98 Å². The number of anilines is 1. The van der Waals surface area contributed by atoms with Gasteiger partial charge in [-0.25, -0.2) is 14.5 Å². The molecule has 0 radical (unpaired) electrons. The highest BCUT2D eigenvalue weighted by atomic mass is 32.2. The van der Waals surface area contributed by atoms with Crippen LogP contribution in [-0.4, -0.2) is 32.5 Å². The summed E-state index contributed by atoms with van der Waals surface area (Å²) in [6.07, 6.45) is 1.90. The van der Waals surface area contributed by atoms with Gasteiger partial charge in [0.1, 0.15) is 5.03 Å². The highest BCUT2D eigenvalue weighted by Crippen LogP contribution is 2.38. The average Bonchev–Trinajstić information content (AvgIpc) is 3.29. The molecule has 0 unspecified atom stereocenters. The SMILES string of the molecule is COc1nc2ccccc2n1-c1ncc2c(n1)SCN2Cc1ccccc1. The van der Waals surface area contributed by atoms with Crippen molar-refractivity contribution in [2.45, 2.75) is 11.6 Å². The predicted octanol–water partition coefficient (Wildman–Crippen LogP) is 3.89. The van der Waals surface area contributed by atoms with E-state index < -0.39 is 0 Å². The summed E-state index contributed by atoms with van der Waals surface area (Å²) in [5, 5.41) is 0.982. The molecule has 0 amide bonds. The monoisotopic (exact) mass is 375 g/mol. The molecule has 0 aliphatic carbocycles. The molecule has 0 saturated heterocycles. The fourth-order valence-electron chi connectivity index (χ4n) is 3.26. The van der Waals surface area contributed by atoms with Crippen LogP contribution in [0, 0.1) is 0 Å². The standard InChI is InChI=1S/C20H17N5OS/c1-26-20-22-15-9-5-6-10-16(15)25(20)19-21-11-17-18(23-19)27-13-24(17)12-14-7-3-2-4-8-14/h2-11H,12-13H2,1H3. The Labute approximate surface area is 160 Å². The Morgan fingerprint density at radius 1 is 1.04 bits per heavy atom. The second-order valence-corrected chi connectivity index (χ2v) is 7.17. The van der Waals surface area contributed by atoms with Crippen molar-refractivity contribution in [1.82, 2.24) is 19.5 Å². The molecular weight excluding hydrogens is 358 g/mol. The van der Waals surface area contributed by atoms with Crippen LogP contribution in [0.2, 0.25) is 0 Å². The first-order chi connectivity index (χ1) is 13.3. The predicted molar refractivity (Wildman–Crippen MR) is 107 cm³/mol. The number of rotatable bonds is 4. The number of ether oxygens (including phenoxy) is 1. The van der Waals surface area contributed by atoms with E-state index in [4.69, 9.17) is 9.72 Å². The molecule has 3 heterocycles. The Morgan fingerprint density at radius 3 is 2.70 bits per heavy atom. The van der Waals surface area contributed by atoms with Crippen LogP contribution in [-0.2, 0) is 6.54 Å². The molecule has 27 heavy (non-hydrogen) atoms. The summed E-state index contributed by atoms with van der Waals surface area (Å²) in [6.45, 7) is 0.848. The lowest BCUT2D eigenvalue weighted by atomic mass is 10.2. The van der Waals surface area contributed by atoms with Crippen LogP contribution in [0.25, 0.3) is 17.0 Å². The van der Waals surface area contributed by atoms with Crippen LogP contribution in [0.3, 0.4) is 0 Å². The molecule has 2 aromatic heterocycles. The van der Waals surface area contributed by atoms with Crippen LogP contribution >= 0.6 is 11.8 Å². The van der Waals surface area contributed by atoms with Gasteiger partial charge in [0, 0.05) is 6.54 Å². The van der Waals surface area contributed by atoms with Crippen molar-refractivity contribution in [1.29, 1.82) is 0 Å². The van der Waals surface area contributed by atoms with E-state index in [0.29, 0.717) is 12.0 Å². The van der Waals surface area contributed by atoms with Gasteiger partial charge in [0.25, 0.3) is 0 Å². The molecule has 0 saturated carbocycles. The summed E-state index contributed by atoms with van der Waals surface area (Å²) in [7, 11) is 1.61. The van der Waals surface area contributed by atoms with Crippen molar-refractivity contribution in [3.63, 3.8) is 0 Å². The van der Waals surface area contributed by atoms with Crippen molar-refractivity contribution in [2.24, 2.45) is 0 Å². The third kappa shape index (κ3) is 2.80. The molecule has 0 spiro atoms. The van der Waals surface area contributed by atoms with Gasteiger partial charge in [0.2, 0.25) is 5.95 Å². The first-order valence-electron chi connectivity index (χ1n) is 8.64. The van der Waals surface area contributed by atoms with E-state index in [-0.39, 0.29) is 0 Å². The Kier molecular flexibility index (Phi) is 3.94. The topological polar surface area (TPSA) is 56.1 Å². The van der Waals surface area contributed by atoms with Crippen molar-refractivity contribution in [3.05, 3.63) is 66.4 Å². The molecule has 4 aromatic rings. The summed E-state index contributed by atoms with van der Waals surface area (Å²) >= 11 is 1.73. The van der Waals surface area contributed by atoms with Gasteiger partial charge in [-0.3, -0.25) is 0 Å². The summed E-state index contributed by atoms with van der Waals surface area (Å²) < 4.78 is 7.32. The van der Waals surface area contributed by atoms with Crippen LogP contribution in [0.15, 0.2) is 65.8 Å². The number of hydrogen-bond acceptors (Lipinski definition) is 6. The number of hydrogen-bond donors (Lipinski definition) is 0. The van der Waals surface area contributed by atoms with Gasteiger partial charge in [0.05, 0.1) is 35.9 Å². The first-order valence-corrected chi connectivity index (χ1v) is 9.62. The largest absolute Gasteiger partial charge is 0.468 e. The lowest BCUT2D eigenvalue weighted by molar-refractivity contribution is 0.374. The smallest absolute Gasteiger partial charge is 0.304 e. The Bertz CT molecular complexity index is 1110. The molecule has 7 heteroatoms. The maximum Gasteiger partial charge on any atom is 0.304 e. The second-order valence-electron chi connectivity index (χ2n) is 6.24. The fraction of sp³-hybridized carbons (Fsp3) is 0.150. The van der Waals surface area contributed by atoms with Gasteiger partial charge in [0.15, 0.2) is 0 Å². The lowest BCUT2D eigenvalue weighted by Crippen LogP contribution is -2.18. The zero-order chi connectivity index (χ0) is 18.2. The van der Waals surface area contributed by atoms with Crippen molar-refractivity contribution < 1.29 is 4.74 Å². The molecule has 6 nitrogen and oxygen atoms in total. The summed E-state index contributed by atoms with van der Waals surface area (Å²) in [5.41, 5.74) is 4.13. The minimum Gasteiger partial charge on any atom is -0.468 e.